The molecule has 3 N–H and O–H groups in total. The van der Waals surface area contributed by atoms with Gasteiger partial charge in [-0.2, -0.15) is 0 Å². The normalized spacial score (nSPS) is 19.1. The first-order chi connectivity index (χ1) is 8.69. The molecule has 0 atom stereocenters. The topological polar surface area (TPSA) is 61.9 Å². The van der Waals surface area contributed by atoms with Crippen LogP contribution in [0.2, 0.25) is 0 Å². The molecular formula is C13H18BrN3O. The van der Waals surface area contributed by atoms with E-state index in [1.165, 1.54) is 5.56 Å². The second-order valence-corrected chi connectivity index (χ2v) is 5.62. The van der Waals surface area contributed by atoms with E-state index in [-0.39, 0.29) is 5.92 Å². The van der Waals surface area contributed by atoms with Crippen molar-refractivity contribution in [3.63, 3.8) is 0 Å². The molecule has 1 aliphatic rings. The van der Waals surface area contributed by atoms with Gasteiger partial charge < -0.3 is 10.9 Å². The van der Waals surface area contributed by atoms with Crippen molar-refractivity contribution in [2.24, 2.45) is 16.8 Å². The standard InChI is InChI=1S/C13H18BrN3O/c14-12-3-1-10(2-4-12)9-17-7-5-11(6-8-17)13(15)16-18/h1-4,11,18H,5-9H2,(H2,15,16). The van der Waals surface area contributed by atoms with Gasteiger partial charge in [-0.05, 0) is 43.6 Å². The summed E-state index contributed by atoms with van der Waals surface area (Å²) in [7, 11) is 0. The lowest BCUT2D eigenvalue weighted by Gasteiger charge is -2.31. The van der Waals surface area contributed by atoms with Crippen molar-refractivity contribution in [3.8, 4) is 0 Å². The minimum Gasteiger partial charge on any atom is -0.409 e. The molecule has 0 radical (unpaired) electrons. The minimum absolute atomic E-state index is 0.233. The van der Waals surface area contributed by atoms with Crippen molar-refractivity contribution >= 4 is 21.8 Å². The van der Waals surface area contributed by atoms with Gasteiger partial charge in [0.25, 0.3) is 0 Å². The summed E-state index contributed by atoms with van der Waals surface area (Å²) in [5.74, 6) is 0.606. The van der Waals surface area contributed by atoms with Gasteiger partial charge in [0.15, 0.2) is 0 Å². The maximum Gasteiger partial charge on any atom is 0.142 e. The fraction of sp³-hybridized carbons (Fsp3) is 0.462. The van der Waals surface area contributed by atoms with Crippen LogP contribution in [-0.4, -0.2) is 29.0 Å². The molecule has 4 nitrogen and oxygen atoms in total. The van der Waals surface area contributed by atoms with Crippen LogP contribution in [0, 0.1) is 5.92 Å². The molecule has 1 aromatic rings. The average Bonchev–Trinajstić information content (AvgIpc) is 2.41. The second kappa shape index (κ2) is 6.20. The van der Waals surface area contributed by atoms with E-state index in [4.69, 9.17) is 10.9 Å². The summed E-state index contributed by atoms with van der Waals surface area (Å²) in [4.78, 5) is 2.41. The van der Waals surface area contributed by atoms with Gasteiger partial charge in [-0.1, -0.05) is 33.2 Å². The summed E-state index contributed by atoms with van der Waals surface area (Å²) in [6, 6.07) is 8.41. The van der Waals surface area contributed by atoms with Crippen LogP contribution < -0.4 is 5.73 Å². The van der Waals surface area contributed by atoms with Gasteiger partial charge in [-0.3, -0.25) is 4.90 Å². The lowest BCUT2D eigenvalue weighted by atomic mass is 9.95. The minimum atomic E-state index is 0.233. The van der Waals surface area contributed by atoms with Crippen molar-refractivity contribution in [3.05, 3.63) is 34.3 Å². The number of benzene rings is 1. The van der Waals surface area contributed by atoms with Crippen LogP contribution in [0.1, 0.15) is 18.4 Å². The molecule has 5 heteroatoms. The number of hydrogen-bond acceptors (Lipinski definition) is 3. The van der Waals surface area contributed by atoms with E-state index in [9.17, 15) is 0 Å². The Hall–Kier alpha value is -1.07. The number of oxime groups is 1. The fourth-order valence-corrected chi connectivity index (χ4v) is 2.58. The summed E-state index contributed by atoms with van der Waals surface area (Å²) in [6.07, 6.45) is 1.93. The SMILES string of the molecule is NC(=NO)C1CCN(Cc2ccc(Br)cc2)CC1. The lowest BCUT2D eigenvalue weighted by Crippen LogP contribution is -2.38. The predicted molar refractivity (Wildman–Crippen MR) is 75.6 cm³/mol. The molecule has 1 saturated heterocycles. The van der Waals surface area contributed by atoms with E-state index in [2.05, 4.69) is 50.3 Å². The second-order valence-electron chi connectivity index (χ2n) is 4.70. The summed E-state index contributed by atoms with van der Waals surface area (Å²) in [6.45, 7) is 2.96. The van der Waals surface area contributed by atoms with Crippen molar-refractivity contribution in [1.82, 2.24) is 4.90 Å². The maximum absolute atomic E-state index is 8.66. The Balaban J connectivity index is 1.85. The van der Waals surface area contributed by atoms with Crippen LogP contribution in [0.25, 0.3) is 0 Å². The highest BCUT2D eigenvalue weighted by molar-refractivity contribution is 9.10. The molecule has 2 rings (SSSR count). The molecule has 0 bridgehead atoms. The number of amidine groups is 1. The summed E-state index contributed by atoms with van der Waals surface area (Å²) in [5.41, 5.74) is 6.96. The fourth-order valence-electron chi connectivity index (χ4n) is 2.32. The Morgan fingerprint density at radius 2 is 1.94 bits per heavy atom. The summed E-state index contributed by atoms with van der Waals surface area (Å²) < 4.78 is 1.11. The van der Waals surface area contributed by atoms with Crippen molar-refractivity contribution in [1.29, 1.82) is 0 Å². The molecular weight excluding hydrogens is 294 g/mol. The molecule has 0 unspecified atom stereocenters. The molecule has 1 fully saturated rings. The zero-order valence-corrected chi connectivity index (χ0v) is 11.8. The van der Waals surface area contributed by atoms with Crippen LogP contribution in [0.4, 0.5) is 0 Å². The van der Waals surface area contributed by atoms with Gasteiger partial charge in [0.05, 0.1) is 0 Å². The Labute approximate surface area is 116 Å². The Bertz CT molecular complexity index is 411. The first kappa shape index (κ1) is 13.4. The van der Waals surface area contributed by atoms with Crippen molar-refractivity contribution in [2.75, 3.05) is 13.1 Å². The van der Waals surface area contributed by atoms with Gasteiger partial charge in [0, 0.05) is 16.9 Å². The largest absolute Gasteiger partial charge is 0.409 e. The predicted octanol–water partition coefficient (Wildman–Crippen LogP) is 2.41. The van der Waals surface area contributed by atoms with Crippen LogP contribution >= 0.6 is 15.9 Å². The molecule has 0 aliphatic carbocycles. The molecule has 1 aliphatic heterocycles. The van der Waals surface area contributed by atoms with Gasteiger partial charge in [0.1, 0.15) is 5.84 Å². The van der Waals surface area contributed by atoms with Gasteiger partial charge in [0.2, 0.25) is 0 Å². The average molecular weight is 312 g/mol. The molecule has 18 heavy (non-hydrogen) atoms. The number of halogens is 1. The van der Waals surface area contributed by atoms with E-state index >= 15 is 0 Å². The quantitative estimate of drug-likeness (QED) is 0.390. The van der Waals surface area contributed by atoms with Gasteiger partial charge in [-0.25, -0.2) is 0 Å². The van der Waals surface area contributed by atoms with Crippen molar-refractivity contribution in [2.45, 2.75) is 19.4 Å². The zero-order chi connectivity index (χ0) is 13.0. The molecule has 98 valence electrons. The summed E-state index contributed by atoms with van der Waals surface area (Å²) >= 11 is 3.44. The van der Waals surface area contributed by atoms with Crippen LogP contribution in [0.5, 0.6) is 0 Å². The first-order valence-corrected chi connectivity index (χ1v) is 6.92. The highest BCUT2D eigenvalue weighted by Crippen LogP contribution is 2.19. The van der Waals surface area contributed by atoms with Gasteiger partial charge in [-0.15, -0.1) is 0 Å². The van der Waals surface area contributed by atoms with Crippen LogP contribution in [0.15, 0.2) is 33.9 Å². The highest BCUT2D eigenvalue weighted by atomic mass is 79.9. The lowest BCUT2D eigenvalue weighted by molar-refractivity contribution is 0.198. The number of rotatable bonds is 3. The van der Waals surface area contributed by atoms with E-state index in [0.29, 0.717) is 5.84 Å². The third-order valence-electron chi connectivity index (χ3n) is 3.44. The van der Waals surface area contributed by atoms with E-state index < -0.39 is 0 Å². The van der Waals surface area contributed by atoms with E-state index in [1.54, 1.807) is 0 Å². The molecule has 0 saturated carbocycles. The van der Waals surface area contributed by atoms with E-state index in [0.717, 1.165) is 36.9 Å². The third kappa shape index (κ3) is 3.46. The molecule has 1 heterocycles. The van der Waals surface area contributed by atoms with Crippen molar-refractivity contribution < 1.29 is 5.21 Å². The maximum atomic E-state index is 8.66. The first-order valence-electron chi connectivity index (χ1n) is 6.13. The third-order valence-corrected chi connectivity index (χ3v) is 3.97. The zero-order valence-electron chi connectivity index (χ0n) is 10.2. The Kier molecular flexibility index (Phi) is 4.60. The van der Waals surface area contributed by atoms with Gasteiger partial charge >= 0.3 is 0 Å². The van der Waals surface area contributed by atoms with E-state index in [1.807, 2.05) is 0 Å². The number of likely N-dealkylation sites (tertiary alicyclic amines) is 1. The smallest absolute Gasteiger partial charge is 0.142 e. The molecule has 0 spiro atoms. The Morgan fingerprint density at radius 1 is 1.33 bits per heavy atom. The monoisotopic (exact) mass is 311 g/mol. The number of hydrogen-bond donors (Lipinski definition) is 2. The number of nitrogens with zero attached hydrogens (tertiary/aromatic N) is 2. The van der Waals surface area contributed by atoms with Crippen LogP contribution in [-0.2, 0) is 6.54 Å². The Morgan fingerprint density at radius 3 is 2.50 bits per heavy atom. The van der Waals surface area contributed by atoms with Crippen LogP contribution in [0.3, 0.4) is 0 Å². The molecule has 1 aromatic carbocycles. The molecule has 0 amide bonds. The summed E-state index contributed by atoms with van der Waals surface area (Å²) in [5, 5.41) is 11.8. The molecule has 0 aromatic heterocycles. The highest BCUT2D eigenvalue weighted by Gasteiger charge is 2.22. The number of nitrogens with two attached hydrogens (primary N) is 1. The number of piperidine rings is 1.